The van der Waals surface area contributed by atoms with Crippen LogP contribution in [0, 0.1) is 11.8 Å². The van der Waals surface area contributed by atoms with Crippen LogP contribution < -0.4 is 21.4 Å². The van der Waals surface area contributed by atoms with Gasteiger partial charge in [-0.05, 0) is 36.3 Å². The quantitative estimate of drug-likeness (QED) is 0.131. The number of hydrogen-bond acceptors (Lipinski definition) is 10. The van der Waals surface area contributed by atoms with Crippen LogP contribution in [0.25, 0.3) is 10.6 Å². The largest absolute Gasteiger partial charge is 0.453 e. The molecule has 4 amide bonds. The molecule has 0 saturated heterocycles. The lowest BCUT2D eigenvalue weighted by molar-refractivity contribution is -0.131. The molecule has 0 radical (unpaired) electrons. The fraction of sp³-hybridized carbons (Fsp3) is 0.457. The van der Waals surface area contributed by atoms with Crippen molar-refractivity contribution in [2.75, 3.05) is 20.3 Å². The van der Waals surface area contributed by atoms with Crippen molar-refractivity contribution in [1.29, 1.82) is 0 Å². The Balaban J connectivity index is 1.90. The lowest BCUT2D eigenvalue weighted by Crippen LogP contribution is -2.59. The number of hydrazine groups is 1. The molecule has 4 unspecified atom stereocenters. The number of ether oxygens (including phenoxy) is 2. The number of nitrogens with one attached hydrogen (secondary N) is 4. The Morgan fingerprint density at radius 3 is 2.06 bits per heavy atom. The van der Waals surface area contributed by atoms with Crippen molar-refractivity contribution in [3.63, 3.8) is 0 Å². The van der Waals surface area contributed by atoms with E-state index in [2.05, 4.69) is 26.4 Å². The van der Waals surface area contributed by atoms with Crippen LogP contribution >= 0.6 is 11.3 Å². The highest BCUT2D eigenvalue weighted by molar-refractivity contribution is 7.13. The summed E-state index contributed by atoms with van der Waals surface area (Å²) in [5.74, 6) is -1.56. The maximum Gasteiger partial charge on any atom is 0.407 e. The predicted octanol–water partition coefficient (Wildman–Crippen LogP) is 3.88. The van der Waals surface area contributed by atoms with Gasteiger partial charge in [0.05, 0.1) is 25.9 Å². The monoisotopic (exact) mass is 696 g/mol. The number of benzene rings is 2. The number of nitrogens with zero attached hydrogens (tertiary/aromatic N) is 2. The summed E-state index contributed by atoms with van der Waals surface area (Å²) < 4.78 is 9.72. The first-order valence-electron chi connectivity index (χ1n) is 16.3. The van der Waals surface area contributed by atoms with Crippen LogP contribution in [-0.2, 0) is 32.0 Å². The fourth-order valence-electron chi connectivity index (χ4n) is 5.05. The molecule has 49 heavy (non-hydrogen) atoms. The molecular formula is C35H48N6O7S. The normalized spacial score (nSPS) is 13.7. The molecule has 4 atom stereocenters. The van der Waals surface area contributed by atoms with Gasteiger partial charge in [-0.25, -0.2) is 19.6 Å². The van der Waals surface area contributed by atoms with Crippen molar-refractivity contribution in [2.24, 2.45) is 11.8 Å². The number of hydrogen-bond donors (Lipinski definition) is 5. The first-order valence-corrected chi connectivity index (χ1v) is 17.1. The number of carbonyl (C=O) groups excluding carboxylic acids is 4. The topological polar surface area (TPSA) is 171 Å². The van der Waals surface area contributed by atoms with Gasteiger partial charge >= 0.3 is 12.2 Å². The van der Waals surface area contributed by atoms with Crippen LogP contribution in [0.4, 0.5) is 9.59 Å². The molecule has 1 aromatic heterocycles. The van der Waals surface area contributed by atoms with Gasteiger partial charge in [0, 0.05) is 30.2 Å². The van der Waals surface area contributed by atoms with E-state index >= 15 is 0 Å². The number of alkyl carbamates (subject to hydrolysis) is 2. The zero-order valence-electron chi connectivity index (χ0n) is 28.8. The Kier molecular flexibility index (Phi) is 15.5. The molecule has 0 aliphatic rings. The van der Waals surface area contributed by atoms with Gasteiger partial charge < -0.3 is 30.5 Å². The van der Waals surface area contributed by atoms with Crippen molar-refractivity contribution in [1.82, 2.24) is 31.4 Å². The number of aliphatic hydroxyl groups excluding tert-OH is 1. The summed E-state index contributed by atoms with van der Waals surface area (Å²) >= 11 is 1.52. The summed E-state index contributed by atoms with van der Waals surface area (Å²) in [5, 5.41) is 24.2. The van der Waals surface area contributed by atoms with Crippen molar-refractivity contribution in [3.05, 3.63) is 77.3 Å². The third kappa shape index (κ3) is 12.5. The lowest BCUT2D eigenvalue weighted by Gasteiger charge is -2.33. The van der Waals surface area contributed by atoms with Crippen LogP contribution in [0.5, 0.6) is 0 Å². The van der Waals surface area contributed by atoms with Crippen LogP contribution in [0.3, 0.4) is 0 Å². The SMILES string of the molecule is CCOC(=O)NC(C(=O)NN(Cc1ccc(-c2nccs2)cc1)CC(O)C(Cc1ccccc1)NC(=O)C(NC(=O)OC)C(C)C)C(C)C. The Morgan fingerprint density at radius 2 is 1.49 bits per heavy atom. The van der Waals surface area contributed by atoms with Gasteiger partial charge in [-0.2, -0.15) is 0 Å². The van der Waals surface area contributed by atoms with Gasteiger partial charge in [-0.15, -0.1) is 11.3 Å². The van der Waals surface area contributed by atoms with Gasteiger partial charge in [-0.1, -0.05) is 82.3 Å². The lowest BCUT2D eigenvalue weighted by atomic mass is 9.98. The summed E-state index contributed by atoms with van der Waals surface area (Å²) in [6.07, 6.45) is -0.658. The highest BCUT2D eigenvalue weighted by atomic mass is 32.1. The van der Waals surface area contributed by atoms with E-state index < -0.39 is 48.2 Å². The van der Waals surface area contributed by atoms with Gasteiger partial charge in [0.15, 0.2) is 0 Å². The maximum atomic E-state index is 13.6. The van der Waals surface area contributed by atoms with Gasteiger partial charge in [0.1, 0.15) is 17.1 Å². The second-order valence-electron chi connectivity index (χ2n) is 12.2. The second kappa shape index (κ2) is 19.5. The molecule has 14 heteroatoms. The molecular weight excluding hydrogens is 648 g/mol. The summed E-state index contributed by atoms with van der Waals surface area (Å²) in [4.78, 5) is 55.8. The maximum absolute atomic E-state index is 13.6. The average Bonchev–Trinajstić information content (AvgIpc) is 3.61. The molecule has 1 heterocycles. The first kappa shape index (κ1) is 38.9. The molecule has 0 fully saturated rings. The van der Waals surface area contributed by atoms with E-state index in [1.54, 1.807) is 45.8 Å². The number of amides is 4. The molecule has 3 rings (SSSR count). The molecule has 5 N–H and O–H groups in total. The third-order valence-corrected chi connectivity index (χ3v) is 8.50. The summed E-state index contributed by atoms with van der Waals surface area (Å²) in [6, 6.07) is 14.4. The highest BCUT2D eigenvalue weighted by Crippen LogP contribution is 2.22. The highest BCUT2D eigenvalue weighted by Gasteiger charge is 2.32. The summed E-state index contributed by atoms with van der Waals surface area (Å²) in [7, 11) is 1.22. The van der Waals surface area contributed by atoms with Crippen molar-refractivity contribution in [3.8, 4) is 10.6 Å². The van der Waals surface area contributed by atoms with Crippen molar-refractivity contribution >= 4 is 35.3 Å². The molecule has 0 saturated carbocycles. The van der Waals surface area contributed by atoms with E-state index in [9.17, 15) is 24.3 Å². The molecule has 2 aromatic carbocycles. The number of rotatable bonds is 17. The molecule has 0 bridgehead atoms. The molecule has 13 nitrogen and oxygen atoms in total. The number of carbonyl (C=O) groups is 4. The second-order valence-corrected chi connectivity index (χ2v) is 13.1. The van der Waals surface area contributed by atoms with Crippen LogP contribution in [0.2, 0.25) is 0 Å². The summed E-state index contributed by atoms with van der Waals surface area (Å²) in [6.45, 7) is 9.08. The van der Waals surface area contributed by atoms with Crippen molar-refractivity contribution < 1.29 is 33.8 Å². The summed E-state index contributed by atoms with van der Waals surface area (Å²) in [5.41, 5.74) is 5.52. The van der Waals surface area contributed by atoms with Gasteiger partial charge in [-0.3, -0.25) is 15.0 Å². The van der Waals surface area contributed by atoms with Crippen LogP contribution in [0.15, 0.2) is 66.2 Å². The standard InChI is InChI=1S/C35H48N6O7S/c1-7-48-35(46)39-30(23(4)5)32(44)40-41(20-25-13-15-26(16-14-25)33-36-17-18-49-33)21-28(42)27(19-24-11-9-8-10-12-24)37-31(43)29(22(2)3)38-34(45)47-6/h8-18,22-23,27-30,42H,7,19-21H2,1-6H3,(H,37,43)(H,38,45)(H,39,46)(H,40,44). The van der Waals surface area contributed by atoms with Crippen molar-refractivity contribution in [2.45, 2.75) is 71.8 Å². The number of aliphatic hydroxyl groups is 1. The van der Waals surface area contributed by atoms with E-state index in [0.29, 0.717) is 0 Å². The van der Waals surface area contributed by atoms with E-state index in [-0.39, 0.29) is 38.0 Å². The number of methoxy groups -OCH3 is 1. The number of aromatic nitrogens is 1. The molecule has 0 spiro atoms. The average molecular weight is 697 g/mol. The van der Waals surface area contributed by atoms with Crippen LogP contribution in [0.1, 0.15) is 45.7 Å². The Hall–Kier alpha value is -4.53. The van der Waals surface area contributed by atoms with E-state index in [4.69, 9.17) is 9.47 Å². The van der Waals surface area contributed by atoms with Gasteiger partial charge in [0.2, 0.25) is 5.91 Å². The molecule has 266 valence electrons. The van der Waals surface area contributed by atoms with E-state index in [0.717, 1.165) is 21.7 Å². The minimum atomic E-state index is -1.19. The smallest absolute Gasteiger partial charge is 0.407 e. The fourth-order valence-corrected chi connectivity index (χ4v) is 5.69. The van der Waals surface area contributed by atoms with E-state index in [1.807, 2.05) is 60.0 Å². The van der Waals surface area contributed by atoms with E-state index in [1.165, 1.54) is 18.4 Å². The Bertz CT molecular complexity index is 1470. The third-order valence-electron chi connectivity index (χ3n) is 7.68. The zero-order chi connectivity index (χ0) is 35.9. The number of thiazole rings is 1. The Labute approximate surface area is 291 Å². The molecule has 3 aromatic rings. The molecule has 0 aliphatic carbocycles. The first-order chi connectivity index (χ1) is 23.4. The predicted molar refractivity (Wildman–Crippen MR) is 187 cm³/mol. The zero-order valence-corrected chi connectivity index (χ0v) is 29.7. The minimum absolute atomic E-state index is 0.0985. The minimum Gasteiger partial charge on any atom is -0.453 e. The Morgan fingerprint density at radius 1 is 0.857 bits per heavy atom. The molecule has 0 aliphatic heterocycles. The van der Waals surface area contributed by atoms with Gasteiger partial charge in [0.25, 0.3) is 5.91 Å². The van der Waals surface area contributed by atoms with Crippen LogP contribution in [-0.4, -0.2) is 83.6 Å².